The van der Waals surface area contributed by atoms with Gasteiger partial charge in [0.25, 0.3) is 10.0 Å². The predicted molar refractivity (Wildman–Crippen MR) is 127 cm³/mol. The number of carbonyl (C=O) groups is 1. The summed E-state index contributed by atoms with van der Waals surface area (Å²) in [5.74, 6) is -0.239. The van der Waals surface area contributed by atoms with Crippen LogP contribution in [0.2, 0.25) is 0 Å². The van der Waals surface area contributed by atoms with Gasteiger partial charge in [-0.05, 0) is 51.5 Å². The minimum absolute atomic E-state index is 0. The lowest BCUT2D eigenvalue weighted by Gasteiger charge is -2.19. The highest BCUT2D eigenvalue weighted by molar-refractivity contribution is 8.04. The zero-order valence-corrected chi connectivity index (χ0v) is 21.2. The Morgan fingerprint density at radius 3 is 1.97 bits per heavy atom. The smallest absolute Gasteiger partial charge is 0.412 e. The summed E-state index contributed by atoms with van der Waals surface area (Å²) in [6, 6.07) is 5.16. The van der Waals surface area contributed by atoms with E-state index in [2.05, 4.69) is 12.2 Å². The van der Waals surface area contributed by atoms with Crippen LogP contribution in [0.15, 0.2) is 29.2 Å². The fourth-order valence-electron chi connectivity index (χ4n) is 2.47. The molecule has 0 aliphatic rings. The highest BCUT2D eigenvalue weighted by Crippen LogP contribution is 2.16. The number of rotatable bonds is 11. The molecule has 0 fully saturated rings. The van der Waals surface area contributed by atoms with E-state index in [-0.39, 0.29) is 12.1 Å². The molecule has 0 aliphatic heterocycles. The third-order valence-electron chi connectivity index (χ3n) is 3.81. The molecule has 1 amide bonds. The van der Waals surface area contributed by atoms with E-state index in [4.69, 9.17) is 4.74 Å². The topological polar surface area (TPSA) is 119 Å². The third kappa shape index (κ3) is 13.4. The minimum atomic E-state index is -4.23. The first-order chi connectivity index (χ1) is 14.3. The van der Waals surface area contributed by atoms with Gasteiger partial charge in [0, 0.05) is 7.11 Å². The Balaban J connectivity index is 0. The maximum Gasteiger partial charge on any atom is 0.412 e. The number of ether oxygens (including phenoxy) is 1. The van der Waals surface area contributed by atoms with E-state index in [1.165, 1.54) is 24.3 Å². The molecule has 1 rings (SSSR count). The van der Waals surface area contributed by atoms with Gasteiger partial charge in [-0.2, -0.15) is 0 Å². The van der Waals surface area contributed by atoms with E-state index in [1.54, 1.807) is 24.9 Å². The van der Waals surface area contributed by atoms with Gasteiger partial charge in [0.1, 0.15) is 5.60 Å². The van der Waals surface area contributed by atoms with Crippen molar-refractivity contribution in [2.45, 2.75) is 90.6 Å². The summed E-state index contributed by atoms with van der Waals surface area (Å²) >= 11 is 0. The number of sulfonamides is 2. The number of amides is 1. The monoisotopic (exact) mass is 480 g/mol. The maximum absolute atomic E-state index is 12.3. The number of nitrogens with one attached hydrogen (secondary N) is 2. The molecular weight excluding hydrogens is 440 g/mol. The van der Waals surface area contributed by atoms with Gasteiger partial charge < -0.3 is 4.74 Å². The second kappa shape index (κ2) is 13.7. The Kier molecular flexibility index (Phi) is 13.0. The first kappa shape index (κ1) is 29.4. The van der Waals surface area contributed by atoms with E-state index in [0.717, 1.165) is 32.1 Å². The van der Waals surface area contributed by atoms with Crippen LogP contribution in [0.5, 0.6) is 0 Å². The lowest BCUT2D eigenvalue weighted by molar-refractivity contribution is 0.0636. The molecular formula is C21H40N2O6S2. The van der Waals surface area contributed by atoms with Crippen molar-refractivity contribution in [3.8, 4) is 0 Å². The highest BCUT2D eigenvalue weighted by Gasteiger charge is 2.23. The number of hydrogen-bond donors (Lipinski definition) is 2. The van der Waals surface area contributed by atoms with Crippen molar-refractivity contribution in [2.75, 3.05) is 11.1 Å². The molecule has 0 heterocycles. The molecule has 0 aromatic heterocycles. The van der Waals surface area contributed by atoms with Gasteiger partial charge in [-0.25, -0.2) is 21.6 Å². The predicted octanol–water partition coefficient (Wildman–Crippen LogP) is 5.27. The zero-order chi connectivity index (χ0) is 24.1. The van der Waals surface area contributed by atoms with Crippen molar-refractivity contribution in [1.29, 1.82) is 0 Å². The van der Waals surface area contributed by atoms with Crippen molar-refractivity contribution in [3.63, 3.8) is 0 Å². The standard InChI is InChI=1S/C19H32N2O6S2.C2H6.H2/c1-5-6-7-8-9-10-15-28(23,24)21-29(25,26)17-13-11-16(12-14-17)20-18(22)27-19(2,3)4;1-2;/h11-14,21H,5-10,15H2,1-4H3,(H,20,22);1-2H3;1H. The van der Waals surface area contributed by atoms with Gasteiger partial charge in [0.2, 0.25) is 10.0 Å². The normalized spacial score (nSPS) is 11.9. The van der Waals surface area contributed by atoms with Crippen LogP contribution in [-0.4, -0.2) is 34.3 Å². The summed E-state index contributed by atoms with van der Waals surface area (Å²) in [5, 5.41) is 2.48. The minimum Gasteiger partial charge on any atom is -0.444 e. The van der Waals surface area contributed by atoms with Crippen LogP contribution in [-0.2, 0) is 24.8 Å². The number of unbranched alkanes of at least 4 members (excludes halogenated alkanes) is 5. The number of anilines is 1. The van der Waals surface area contributed by atoms with Crippen molar-refractivity contribution in [2.24, 2.45) is 0 Å². The molecule has 182 valence electrons. The van der Waals surface area contributed by atoms with Gasteiger partial charge in [0.15, 0.2) is 0 Å². The lowest BCUT2D eigenvalue weighted by Crippen LogP contribution is -2.32. The van der Waals surface area contributed by atoms with E-state index in [9.17, 15) is 21.6 Å². The van der Waals surface area contributed by atoms with E-state index in [0.29, 0.717) is 12.1 Å². The Morgan fingerprint density at radius 1 is 0.935 bits per heavy atom. The second-order valence-corrected chi connectivity index (χ2v) is 11.6. The first-order valence-corrected chi connectivity index (χ1v) is 13.8. The Labute approximate surface area is 189 Å². The molecule has 0 spiro atoms. The fourth-order valence-corrected chi connectivity index (χ4v) is 5.60. The van der Waals surface area contributed by atoms with Crippen LogP contribution < -0.4 is 9.44 Å². The molecule has 0 unspecified atom stereocenters. The quantitative estimate of drug-likeness (QED) is 0.416. The summed E-state index contributed by atoms with van der Waals surface area (Å²) in [5.41, 5.74) is -0.338. The van der Waals surface area contributed by atoms with Gasteiger partial charge in [-0.1, -0.05) is 52.9 Å². The number of hydrogen-bond acceptors (Lipinski definition) is 6. The molecule has 8 nitrogen and oxygen atoms in total. The fraction of sp³-hybridized carbons (Fsp3) is 0.667. The molecule has 0 saturated heterocycles. The molecule has 0 saturated carbocycles. The van der Waals surface area contributed by atoms with Gasteiger partial charge in [-0.3, -0.25) is 5.32 Å². The zero-order valence-electron chi connectivity index (χ0n) is 19.5. The SMILES string of the molecule is CC.CCCCCCCCS(=O)(=O)NS(=O)(=O)c1ccc(NC(=O)OC(C)(C)C)cc1.[HH]. The van der Waals surface area contributed by atoms with Gasteiger partial charge in [0.05, 0.1) is 10.6 Å². The Bertz CT molecular complexity index is 865. The molecule has 0 atom stereocenters. The number of carbonyl (C=O) groups excluding carboxylic acids is 1. The average molecular weight is 481 g/mol. The Hall–Kier alpha value is -1.65. The van der Waals surface area contributed by atoms with Gasteiger partial charge >= 0.3 is 6.09 Å². The van der Waals surface area contributed by atoms with E-state index < -0.39 is 31.7 Å². The summed E-state index contributed by atoms with van der Waals surface area (Å²) in [7, 11) is -8.18. The van der Waals surface area contributed by atoms with Gasteiger partial charge in [-0.15, -0.1) is 4.13 Å². The molecule has 10 heteroatoms. The molecule has 1 aromatic rings. The van der Waals surface area contributed by atoms with Crippen LogP contribution in [0.1, 0.15) is 81.5 Å². The summed E-state index contributed by atoms with van der Waals surface area (Å²) in [6.45, 7) is 11.3. The van der Waals surface area contributed by atoms with Crippen molar-refractivity contribution >= 4 is 31.8 Å². The average Bonchev–Trinajstić information content (AvgIpc) is 2.64. The van der Waals surface area contributed by atoms with Crippen LogP contribution in [0.3, 0.4) is 0 Å². The third-order valence-corrected chi connectivity index (χ3v) is 7.43. The van der Waals surface area contributed by atoms with Crippen LogP contribution in [0.4, 0.5) is 10.5 Å². The molecule has 0 radical (unpaired) electrons. The summed E-state index contributed by atoms with van der Waals surface area (Å²) in [4.78, 5) is 11.5. The number of benzene rings is 1. The molecule has 0 bridgehead atoms. The first-order valence-electron chi connectivity index (χ1n) is 10.7. The molecule has 0 aliphatic carbocycles. The van der Waals surface area contributed by atoms with E-state index >= 15 is 0 Å². The van der Waals surface area contributed by atoms with Crippen molar-refractivity contribution < 1.29 is 27.8 Å². The van der Waals surface area contributed by atoms with Crippen LogP contribution in [0.25, 0.3) is 0 Å². The van der Waals surface area contributed by atoms with Crippen molar-refractivity contribution in [3.05, 3.63) is 24.3 Å². The van der Waals surface area contributed by atoms with E-state index in [1.807, 2.05) is 13.8 Å². The van der Waals surface area contributed by atoms with Crippen LogP contribution in [0, 0.1) is 0 Å². The highest BCUT2D eigenvalue weighted by atomic mass is 32.3. The molecule has 2 N–H and O–H groups in total. The second-order valence-electron chi connectivity index (χ2n) is 7.82. The molecule has 31 heavy (non-hydrogen) atoms. The maximum atomic E-state index is 12.3. The summed E-state index contributed by atoms with van der Waals surface area (Å²) < 4.78 is 55.7. The van der Waals surface area contributed by atoms with Crippen LogP contribution >= 0.6 is 0 Å². The summed E-state index contributed by atoms with van der Waals surface area (Å²) in [6.07, 6.45) is 4.67. The Morgan fingerprint density at radius 2 is 1.45 bits per heavy atom. The molecule has 1 aromatic carbocycles. The largest absolute Gasteiger partial charge is 0.444 e. The van der Waals surface area contributed by atoms with Crippen molar-refractivity contribution in [1.82, 2.24) is 4.13 Å². The lowest BCUT2D eigenvalue weighted by atomic mass is 10.1.